The molecule has 0 aliphatic heterocycles. The predicted octanol–water partition coefficient (Wildman–Crippen LogP) is 2.13. The molecule has 0 spiro atoms. The molecule has 1 saturated carbocycles. The number of nitrogens with one attached hydrogen (secondary N) is 1. The molecule has 1 aliphatic rings. The predicted molar refractivity (Wildman–Crippen MR) is 72.6 cm³/mol. The summed E-state index contributed by atoms with van der Waals surface area (Å²) >= 11 is 0. The summed E-state index contributed by atoms with van der Waals surface area (Å²) in [6.45, 7) is 1.98. The number of hydrogen-bond acceptors (Lipinski definition) is 2. The molecule has 1 amide bonds. The van der Waals surface area contributed by atoms with Crippen LogP contribution in [0.15, 0.2) is 18.2 Å². The van der Waals surface area contributed by atoms with Gasteiger partial charge in [-0.2, -0.15) is 13.2 Å². The largest absolute Gasteiger partial charge is 0.411 e. The van der Waals surface area contributed by atoms with Crippen LogP contribution in [0.3, 0.4) is 0 Å². The van der Waals surface area contributed by atoms with Gasteiger partial charge in [-0.15, -0.1) is 0 Å². The minimum Gasteiger partial charge on any atom is -0.338 e. The number of hydrogen-bond donors (Lipinski definition) is 2. The third-order valence-corrected chi connectivity index (χ3v) is 3.47. The van der Waals surface area contributed by atoms with E-state index in [2.05, 4.69) is 17.2 Å². The summed E-state index contributed by atoms with van der Waals surface area (Å²) in [7, 11) is 0. The lowest BCUT2D eigenvalue weighted by atomic mass is 10.0. The van der Waals surface area contributed by atoms with Gasteiger partial charge in [0.1, 0.15) is 5.54 Å². The number of halogens is 3. The highest BCUT2D eigenvalue weighted by atomic mass is 19.4. The lowest BCUT2D eigenvalue weighted by Gasteiger charge is -2.20. The van der Waals surface area contributed by atoms with E-state index >= 15 is 0 Å². The Bertz CT molecular complexity index is 622. The van der Waals surface area contributed by atoms with Crippen LogP contribution in [0.4, 0.5) is 13.2 Å². The van der Waals surface area contributed by atoms with Crippen molar-refractivity contribution < 1.29 is 18.0 Å². The van der Waals surface area contributed by atoms with E-state index in [1.165, 1.54) is 12.1 Å². The van der Waals surface area contributed by atoms with E-state index in [1.807, 2.05) is 0 Å². The Hall–Kier alpha value is -2.00. The molecule has 21 heavy (non-hydrogen) atoms. The lowest BCUT2D eigenvalue weighted by molar-refractivity contribution is -0.163. The Morgan fingerprint density at radius 3 is 2.62 bits per heavy atom. The standard InChI is InChI=1S/C15H15F3N2O/c1-10-4-5-12(9-11(10)3-2-8-19)13(21)20-14(6-7-14)15(16,17)18/h4-5,9H,6-8,19H2,1H3,(H,20,21). The third kappa shape index (κ3) is 3.19. The minimum atomic E-state index is -4.42. The quantitative estimate of drug-likeness (QED) is 0.822. The molecule has 0 saturated heterocycles. The Kier molecular flexibility index (Phi) is 3.97. The third-order valence-electron chi connectivity index (χ3n) is 3.47. The van der Waals surface area contributed by atoms with Crippen LogP contribution >= 0.6 is 0 Å². The Morgan fingerprint density at radius 1 is 1.43 bits per heavy atom. The van der Waals surface area contributed by atoms with Crippen LogP contribution < -0.4 is 11.1 Å². The normalized spacial score (nSPS) is 15.9. The van der Waals surface area contributed by atoms with E-state index in [0.717, 1.165) is 5.56 Å². The van der Waals surface area contributed by atoms with E-state index < -0.39 is 17.6 Å². The molecule has 0 bridgehead atoms. The first-order valence-electron chi connectivity index (χ1n) is 6.48. The van der Waals surface area contributed by atoms with Crippen molar-refractivity contribution in [1.29, 1.82) is 0 Å². The fourth-order valence-corrected chi connectivity index (χ4v) is 1.94. The fraction of sp³-hybridized carbons (Fsp3) is 0.400. The Morgan fingerprint density at radius 2 is 2.10 bits per heavy atom. The lowest BCUT2D eigenvalue weighted by Crippen LogP contribution is -2.47. The van der Waals surface area contributed by atoms with Crippen LogP contribution in [-0.2, 0) is 0 Å². The van der Waals surface area contributed by atoms with Crippen LogP contribution in [0.2, 0.25) is 0 Å². The van der Waals surface area contributed by atoms with E-state index in [1.54, 1.807) is 13.0 Å². The van der Waals surface area contributed by atoms with Gasteiger partial charge in [-0.1, -0.05) is 17.9 Å². The summed E-state index contributed by atoms with van der Waals surface area (Å²) < 4.78 is 38.5. The second-order valence-corrected chi connectivity index (χ2v) is 5.07. The second-order valence-electron chi connectivity index (χ2n) is 5.07. The van der Waals surface area contributed by atoms with Gasteiger partial charge in [0.15, 0.2) is 0 Å². The molecule has 1 aromatic carbocycles. The molecule has 112 valence electrons. The van der Waals surface area contributed by atoms with Crippen LogP contribution in [0.1, 0.15) is 34.3 Å². The molecule has 1 aromatic rings. The molecule has 6 heteroatoms. The summed E-state index contributed by atoms with van der Waals surface area (Å²) in [4.78, 5) is 12.0. The molecule has 0 radical (unpaired) electrons. The molecule has 0 atom stereocenters. The van der Waals surface area contributed by atoms with Gasteiger partial charge in [-0.3, -0.25) is 4.79 Å². The highest BCUT2D eigenvalue weighted by molar-refractivity contribution is 5.95. The number of carbonyl (C=O) groups excluding carboxylic acids is 1. The molecule has 1 aliphatic carbocycles. The van der Waals surface area contributed by atoms with E-state index in [0.29, 0.717) is 5.56 Å². The van der Waals surface area contributed by atoms with Crippen LogP contribution in [0.25, 0.3) is 0 Å². The van der Waals surface area contributed by atoms with Gasteiger partial charge >= 0.3 is 6.18 Å². The van der Waals surface area contributed by atoms with Crippen molar-refractivity contribution in [3.05, 3.63) is 34.9 Å². The molecule has 3 nitrogen and oxygen atoms in total. The Balaban J connectivity index is 2.21. The van der Waals surface area contributed by atoms with Gasteiger partial charge in [0, 0.05) is 11.1 Å². The first-order chi connectivity index (χ1) is 9.79. The van der Waals surface area contributed by atoms with Crippen molar-refractivity contribution in [2.24, 2.45) is 5.73 Å². The van der Waals surface area contributed by atoms with E-state index in [4.69, 9.17) is 5.73 Å². The van der Waals surface area contributed by atoms with E-state index in [-0.39, 0.29) is 24.9 Å². The number of alkyl halides is 3. The summed E-state index contributed by atoms with van der Waals surface area (Å²) in [6, 6.07) is 4.63. The van der Waals surface area contributed by atoms with Crippen molar-refractivity contribution in [2.45, 2.75) is 31.5 Å². The number of amides is 1. The van der Waals surface area contributed by atoms with Crippen molar-refractivity contribution >= 4 is 5.91 Å². The van der Waals surface area contributed by atoms with Crippen molar-refractivity contribution in [3.63, 3.8) is 0 Å². The molecular weight excluding hydrogens is 281 g/mol. The highest BCUT2D eigenvalue weighted by Gasteiger charge is 2.64. The maximum atomic E-state index is 12.8. The number of nitrogens with two attached hydrogens (primary N) is 1. The molecular formula is C15H15F3N2O. The number of carbonyl (C=O) groups is 1. The smallest absolute Gasteiger partial charge is 0.338 e. The van der Waals surface area contributed by atoms with Crippen LogP contribution in [-0.4, -0.2) is 24.2 Å². The summed E-state index contributed by atoms with van der Waals surface area (Å²) in [5.41, 5.74) is 4.82. The molecule has 0 heterocycles. The van der Waals surface area contributed by atoms with E-state index in [9.17, 15) is 18.0 Å². The van der Waals surface area contributed by atoms with Gasteiger partial charge in [-0.25, -0.2) is 0 Å². The molecule has 3 N–H and O–H groups in total. The average molecular weight is 296 g/mol. The van der Waals surface area contributed by atoms with Gasteiger partial charge in [0.05, 0.1) is 6.54 Å². The summed E-state index contributed by atoms with van der Waals surface area (Å²) in [6.07, 6.45) is -4.57. The van der Waals surface area contributed by atoms with Gasteiger partial charge in [0.25, 0.3) is 5.91 Å². The zero-order chi connectivity index (χ0) is 15.7. The maximum Gasteiger partial charge on any atom is 0.411 e. The number of benzene rings is 1. The average Bonchev–Trinajstić information content (AvgIpc) is 3.18. The number of aryl methyl sites for hydroxylation is 1. The summed E-state index contributed by atoms with van der Waals surface area (Å²) in [5.74, 6) is 4.73. The minimum absolute atomic E-state index is 0.0755. The topological polar surface area (TPSA) is 55.1 Å². The number of rotatable bonds is 2. The Labute approximate surface area is 120 Å². The molecule has 2 rings (SSSR count). The van der Waals surface area contributed by atoms with Gasteiger partial charge in [-0.05, 0) is 37.5 Å². The first-order valence-corrected chi connectivity index (χ1v) is 6.48. The first kappa shape index (κ1) is 15.4. The molecule has 0 aromatic heterocycles. The van der Waals surface area contributed by atoms with Crippen molar-refractivity contribution in [3.8, 4) is 11.8 Å². The fourth-order valence-electron chi connectivity index (χ4n) is 1.94. The van der Waals surface area contributed by atoms with Gasteiger partial charge < -0.3 is 11.1 Å². The van der Waals surface area contributed by atoms with Crippen LogP contribution in [0.5, 0.6) is 0 Å². The molecule has 0 unspecified atom stereocenters. The monoisotopic (exact) mass is 296 g/mol. The van der Waals surface area contributed by atoms with Crippen LogP contribution in [0, 0.1) is 18.8 Å². The van der Waals surface area contributed by atoms with Gasteiger partial charge in [0.2, 0.25) is 0 Å². The maximum absolute atomic E-state index is 12.8. The summed E-state index contributed by atoms with van der Waals surface area (Å²) in [5, 5.41) is 2.09. The zero-order valence-electron chi connectivity index (χ0n) is 11.5. The zero-order valence-corrected chi connectivity index (χ0v) is 11.5. The SMILES string of the molecule is Cc1ccc(C(=O)NC2(C(F)(F)F)CC2)cc1C#CCN. The van der Waals surface area contributed by atoms with Crippen molar-refractivity contribution in [1.82, 2.24) is 5.32 Å². The second kappa shape index (κ2) is 5.41. The van der Waals surface area contributed by atoms with Crippen molar-refractivity contribution in [2.75, 3.05) is 6.54 Å². The highest BCUT2D eigenvalue weighted by Crippen LogP contribution is 2.49. The molecule has 1 fully saturated rings.